The number of hydrogen-bond donors (Lipinski definition) is 0. The number of aromatic nitrogens is 1. The lowest BCUT2D eigenvalue weighted by Crippen LogP contribution is -2.09. The monoisotopic (exact) mass is 303 g/mol. The van der Waals surface area contributed by atoms with Crippen molar-refractivity contribution in [1.29, 1.82) is 0 Å². The second-order valence-corrected chi connectivity index (χ2v) is 4.94. The fourth-order valence-electron chi connectivity index (χ4n) is 1.30. The first-order chi connectivity index (χ1) is 9.34. The zero-order chi connectivity index (χ0) is 15.2. The maximum absolute atomic E-state index is 12.7. The first kappa shape index (κ1) is 16.4. The van der Waals surface area contributed by atoms with Gasteiger partial charge >= 0.3 is 6.18 Å². The van der Waals surface area contributed by atoms with Crippen molar-refractivity contribution < 1.29 is 22.7 Å². The maximum atomic E-state index is 12.7. The normalized spacial score (nSPS) is 10.7. The van der Waals surface area contributed by atoms with Crippen LogP contribution in [0.1, 0.15) is 24.5 Å². The lowest BCUT2D eigenvalue weighted by molar-refractivity contribution is -0.139. The molecule has 0 spiro atoms. The number of methoxy groups -OCH3 is 1. The molecule has 0 aliphatic carbocycles. The number of halogens is 3. The van der Waals surface area contributed by atoms with Crippen molar-refractivity contribution in [3.05, 3.63) is 23.4 Å². The first-order valence-electron chi connectivity index (χ1n) is 5.58. The van der Waals surface area contributed by atoms with Crippen LogP contribution in [0.25, 0.3) is 0 Å². The molecule has 0 amide bonds. The molecule has 0 saturated carbocycles. The second kappa shape index (κ2) is 7.20. The molecule has 0 bridgehead atoms. The number of rotatable bonds is 3. The van der Waals surface area contributed by atoms with E-state index in [-0.39, 0.29) is 10.7 Å². The van der Waals surface area contributed by atoms with Gasteiger partial charge in [0.05, 0.1) is 7.11 Å². The van der Waals surface area contributed by atoms with Crippen molar-refractivity contribution in [3.8, 4) is 17.7 Å². The van der Waals surface area contributed by atoms with Crippen molar-refractivity contribution in [2.24, 2.45) is 0 Å². The molecule has 0 aliphatic rings. The van der Waals surface area contributed by atoms with Gasteiger partial charge in [-0.3, -0.25) is 4.79 Å². The highest BCUT2D eigenvalue weighted by Gasteiger charge is 2.35. The molecule has 1 aromatic rings. The Morgan fingerprint density at radius 1 is 1.50 bits per heavy atom. The topological polar surface area (TPSA) is 39.2 Å². The molecule has 1 heterocycles. The van der Waals surface area contributed by atoms with E-state index >= 15 is 0 Å². The molecule has 0 aromatic carbocycles. The zero-order valence-corrected chi connectivity index (χ0v) is 11.7. The fourth-order valence-corrected chi connectivity index (χ4v) is 1.79. The Balaban J connectivity index is 2.83. The summed E-state index contributed by atoms with van der Waals surface area (Å²) in [6.07, 6.45) is -2.91. The van der Waals surface area contributed by atoms with E-state index in [2.05, 4.69) is 21.6 Å². The van der Waals surface area contributed by atoms with Crippen LogP contribution in [-0.4, -0.2) is 23.0 Å². The van der Waals surface area contributed by atoms with Crippen LogP contribution < -0.4 is 4.74 Å². The highest BCUT2D eigenvalue weighted by Crippen LogP contribution is 2.35. The van der Waals surface area contributed by atoms with Crippen molar-refractivity contribution in [2.75, 3.05) is 12.9 Å². The number of carbonyl (C=O) groups excluding carboxylic acids is 1. The minimum absolute atomic E-state index is 0.0164. The van der Waals surface area contributed by atoms with E-state index in [1.54, 1.807) is 0 Å². The van der Waals surface area contributed by atoms with Gasteiger partial charge in [-0.25, -0.2) is 4.98 Å². The van der Waals surface area contributed by atoms with Crippen molar-refractivity contribution in [1.82, 2.24) is 4.98 Å². The van der Waals surface area contributed by atoms with Crippen LogP contribution in [0.5, 0.6) is 5.88 Å². The number of nitrogens with zero attached hydrogens (tertiary/aromatic N) is 1. The van der Waals surface area contributed by atoms with Gasteiger partial charge < -0.3 is 4.74 Å². The highest BCUT2D eigenvalue weighted by molar-refractivity contribution is 8.13. The average molecular weight is 303 g/mol. The van der Waals surface area contributed by atoms with E-state index in [1.807, 2.05) is 0 Å². The van der Waals surface area contributed by atoms with Crippen LogP contribution in [0.2, 0.25) is 0 Å². The summed E-state index contributed by atoms with van der Waals surface area (Å²) in [4.78, 5) is 14.3. The third-order valence-electron chi connectivity index (χ3n) is 2.11. The molecule has 0 aliphatic heterocycles. The minimum atomic E-state index is -4.54. The molecular weight excluding hydrogens is 291 g/mol. The molecule has 108 valence electrons. The van der Waals surface area contributed by atoms with Gasteiger partial charge in [-0.1, -0.05) is 23.6 Å². The van der Waals surface area contributed by atoms with E-state index in [0.717, 1.165) is 24.9 Å². The molecule has 1 rings (SSSR count). The molecular formula is C13H12F3NO2S. The Hall–Kier alpha value is -1.68. The minimum Gasteiger partial charge on any atom is -0.481 e. The number of hydrogen-bond acceptors (Lipinski definition) is 4. The standard InChI is InChI=1S/C13H12F3NO2S/c1-9(18)20-6-4-3-5-10-7-11(13(14,15)16)12(19-2)17-8-10/h7-8H,4,6H2,1-2H3. The maximum Gasteiger partial charge on any atom is 0.421 e. The summed E-state index contributed by atoms with van der Waals surface area (Å²) in [5.74, 6) is 5.33. The summed E-state index contributed by atoms with van der Waals surface area (Å²) in [7, 11) is 1.13. The van der Waals surface area contributed by atoms with Crippen LogP contribution in [0.3, 0.4) is 0 Å². The Labute approximate surface area is 118 Å². The van der Waals surface area contributed by atoms with Gasteiger partial charge in [-0.15, -0.1) is 0 Å². The molecule has 0 radical (unpaired) electrons. The lowest BCUT2D eigenvalue weighted by Gasteiger charge is -2.10. The molecule has 0 atom stereocenters. The molecule has 3 nitrogen and oxygen atoms in total. The smallest absolute Gasteiger partial charge is 0.421 e. The predicted octanol–water partition coefficient (Wildman–Crippen LogP) is 3.13. The predicted molar refractivity (Wildman–Crippen MR) is 70.4 cm³/mol. The van der Waals surface area contributed by atoms with Gasteiger partial charge in [0.15, 0.2) is 5.12 Å². The first-order valence-corrected chi connectivity index (χ1v) is 6.56. The third-order valence-corrected chi connectivity index (χ3v) is 2.93. The molecule has 1 aromatic heterocycles. The van der Waals surface area contributed by atoms with Crippen molar-refractivity contribution in [2.45, 2.75) is 19.5 Å². The number of ether oxygens (including phenoxy) is 1. The van der Waals surface area contributed by atoms with Gasteiger partial charge in [0.25, 0.3) is 0 Å². The SMILES string of the molecule is COc1ncc(C#CCCSC(C)=O)cc1C(F)(F)F. The molecule has 20 heavy (non-hydrogen) atoms. The summed E-state index contributed by atoms with van der Waals surface area (Å²) >= 11 is 1.12. The number of carbonyl (C=O) groups is 1. The highest BCUT2D eigenvalue weighted by atomic mass is 32.2. The molecule has 0 fully saturated rings. The summed E-state index contributed by atoms with van der Waals surface area (Å²) < 4.78 is 42.8. The van der Waals surface area contributed by atoms with Crippen molar-refractivity contribution >= 4 is 16.9 Å². The Morgan fingerprint density at radius 2 is 2.20 bits per heavy atom. The van der Waals surface area contributed by atoms with Crippen LogP contribution >= 0.6 is 11.8 Å². The number of thioether (sulfide) groups is 1. The van der Waals surface area contributed by atoms with E-state index in [1.165, 1.54) is 13.1 Å². The van der Waals surface area contributed by atoms with E-state index in [9.17, 15) is 18.0 Å². The Kier molecular flexibility index (Phi) is 5.89. The van der Waals surface area contributed by atoms with Crippen LogP contribution in [0.15, 0.2) is 12.3 Å². The zero-order valence-electron chi connectivity index (χ0n) is 10.9. The Morgan fingerprint density at radius 3 is 2.75 bits per heavy atom. The van der Waals surface area contributed by atoms with Gasteiger partial charge in [0.1, 0.15) is 5.56 Å². The largest absolute Gasteiger partial charge is 0.481 e. The Bertz CT molecular complexity index is 547. The van der Waals surface area contributed by atoms with Crippen LogP contribution in [-0.2, 0) is 11.0 Å². The summed E-state index contributed by atoms with van der Waals surface area (Å²) in [6.45, 7) is 1.45. The van der Waals surface area contributed by atoms with Gasteiger partial charge in [0.2, 0.25) is 5.88 Å². The van der Waals surface area contributed by atoms with Gasteiger partial charge in [-0.05, 0) is 6.07 Å². The van der Waals surface area contributed by atoms with E-state index < -0.39 is 17.6 Å². The lowest BCUT2D eigenvalue weighted by atomic mass is 10.2. The number of pyridine rings is 1. The van der Waals surface area contributed by atoms with Crippen molar-refractivity contribution in [3.63, 3.8) is 0 Å². The second-order valence-electron chi connectivity index (χ2n) is 3.67. The summed E-state index contributed by atoms with van der Waals surface area (Å²) in [5.41, 5.74) is -0.795. The molecule has 0 N–H and O–H groups in total. The van der Waals surface area contributed by atoms with Gasteiger partial charge in [-0.2, -0.15) is 13.2 Å². The summed E-state index contributed by atoms with van der Waals surface area (Å²) in [5, 5.41) is -0.0164. The average Bonchev–Trinajstić information content (AvgIpc) is 2.36. The van der Waals surface area contributed by atoms with E-state index in [0.29, 0.717) is 12.2 Å². The molecule has 7 heteroatoms. The fraction of sp³-hybridized carbons (Fsp3) is 0.385. The van der Waals surface area contributed by atoms with Crippen LogP contribution in [0, 0.1) is 11.8 Å². The quantitative estimate of drug-likeness (QED) is 0.635. The third kappa shape index (κ3) is 5.13. The van der Waals surface area contributed by atoms with E-state index in [4.69, 9.17) is 0 Å². The van der Waals surface area contributed by atoms with Crippen LogP contribution in [0.4, 0.5) is 13.2 Å². The molecule has 0 saturated heterocycles. The summed E-state index contributed by atoms with van der Waals surface area (Å²) in [6, 6.07) is 0.900. The number of alkyl halides is 3. The van der Waals surface area contributed by atoms with Gasteiger partial charge in [0, 0.05) is 30.9 Å². The molecule has 0 unspecified atom stereocenters.